The second kappa shape index (κ2) is 5.59. The van der Waals surface area contributed by atoms with Gasteiger partial charge in [-0.15, -0.1) is 19.8 Å². The van der Waals surface area contributed by atoms with Crippen LogP contribution in [0, 0.1) is 5.92 Å². The third-order valence-electron chi connectivity index (χ3n) is 3.02. The van der Waals surface area contributed by atoms with E-state index in [1.54, 1.807) is 6.08 Å². The van der Waals surface area contributed by atoms with Crippen LogP contribution in [0.15, 0.2) is 36.9 Å². The highest BCUT2D eigenvalue weighted by Crippen LogP contribution is 2.30. The lowest BCUT2D eigenvalue weighted by Gasteiger charge is -2.15. The molecule has 1 aliphatic heterocycles. The number of halogens is 3. The van der Waals surface area contributed by atoms with Gasteiger partial charge in [-0.1, -0.05) is 6.08 Å². The molecule has 1 fully saturated rings. The molecule has 112 valence electrons. The van der Waals surface area contributed by atoms with Crippen LogP contribution < -0.4 is 9.64 Å². The Balaban J connectivity index is 2.17. The zero-order valence-electron chi connectivity index (χ0n) is 10.9. The van der Waals surface area contributed by atoms with Crippen molar-refractivity contribution in [3.8, 4) is 5.75 Å². The van der Waals surface area contributed by atoms with Crippen LogP contribution in [0.4, 0.5) is 18.9 Å². The Morgan fingerprint density at radius 2 is 1.90 bits per heavy atom. The predicted molar refractivity (Wildman–Crippen MR) is 68.5 cm³/mol. The second-order valence-electron chi connectivity index (χ2n) is 4.53. The van der Waals surface area contributed by atoms with Crippen LogP contribution in [0.25, 0.3) is 0 Å². The highest BCUT2D eigenvalue weighted by Gasteiger charge is 2.38. The molecule has 2 rings (SSSR count). The molecule has 21 heavy (non-hydrogen) atoms. The first-order valence-corrected chi connectivity index (χ1v) is 6.15. The van der Waals surface area contributed by atoms with Crippen LogP contribution in [0.2, 0.25) is 0 Å². The van der Waals surface area contributed by atoms with Crippen molar-refractivity contribution in [2.45, 2.75) is 19.2 Å². The largest absolute Gasteiger partial charge is 0.573 e. The van der Waals surface area contributed by atoms with Gasteiger partial charge in [0.15, 0.2) is 0 Å². The molecule has 7 heteroatoms. The standard InChI is InChI=1S/C14H12F3NO3/c1-2-3-9-8-12(19)18(13(9)20)10-4-6-11(7-5-10)21-14(15,16)17/h2,4-7,9H,1,3,8H2. The zero-order valence-corrected chi connectivity index (χ0v) is 10.9. The van der Waals surface area contributed by atoms with E-state index in [2.05, 4.69) is 11.3 Å². The summed E-state index contributed by atoms with van der Waals surface area (Å²) in [5.41, 5.74) is 0.228. The minimum absolute atomic E-state index is 0.0751. The fourth-order valence-corrected chi connectivity index (χ4v) is 2.15. The van der Waals surface area contributed by atoms with Gasteiger partial charge in [0.25, 0.3) is 0 Å². The molecule has 1 heterocycles. The van der Waals surface area contributed by atoms with Gasteiger partial charge in [0, 0.05) is 6.42 Å². The van der Waals surface area contributed by atoms with Crippen LogP contribution in [0.1, 0.15) is 12.8 Å². The molecular formula is C14H12F3NO3. The molecule has 0 aliphatic carbocycles. The molecule has 1 aromatic rings. The monoisotopic (exact) mass is 299 g/mol. The van der Waals surface area contributed by atoms with Crippen molar-refractivity contribution in [3.63, 3.8) is 0 Å². The first-order valence-electron chi connectivity index (χ1n) is 6.15. The minimum atomic E-state index is -4.78. The van der Waals surface area contributed by atoms with Gasteiger partial charge in [0.1, 0.15) is 5.75 Å². The summed E-state index contributed by atoms with van der Waals surface area (Å²) in [4.78, 5) is 24.9. The van der Waals surface area contributed by atoms with Crippen LogP contribution in [0.5, 0.6) is 5.75 Å². The van der Waals surface area contributed by atoms with E-state index in [9.17, 15) is 22.8 Å². The topological polar surface area (TPSA) is 46.6 Å². The van der Waals surface area contributed by atoms with Crippen molar-refractivity contribution in [2.75, 3.05) is 4.90 Å². The number of carbonyl (C=O) groups excluding carboxylic acids is 2. The van der Waals surface area contributed by atoms with E-state index in [4.69, 9.17) is 0 Å². The van der Waals surface area contributed by atoms with E-state index in [1.165, 1.54) is 12.1 Å². The number of hydrogen-bond donors (Lipinski definition) is 0. The number of hydrogen-bond acceptors (Lipinski definition) is 3. The predicted octanol–water partition coefficient (Wildman–Crippen LogP) is 3.04. The Bertz CT molecular complexity index is 566. The SMILES string of the molecule is C=CCC1CC(=O)N(c2ccc(OC(F)(F)F)cc2)C1=O. The molecule has 0 aromatic heterocycles. The van der Waals surface area contributed by atoms with E-state index in [0.29, 0.717) is 6.42 Å². The molecule has 0 N–H and O–H groups in total. The third-order valence-corrected chi connectivity index (χ3v) is 3.02. The molecule has 1 atom stereocenters. The Morgan fingerprint density at radius 1 is 1.29 bits per heavy atom. The molecule has 4 nitrogen and oxygen atoms in total. The smallest absolute Gasteiger partial charge is 0.406 e. The summed E-state index contributed by atoms with van der Waals surface area (Å²) >= 11 is 0. The van der Waals surface area contributed by atoms with Crippen LogP contribution in [0.3, 0.4) is 0 Å². The fourth-order valence-electron chi connectivity index (χ4n) is 2.15. The van der Waals surface area contributed by atoms with E-state index in [1.807, 2.05) is 0 Å². The van der Waals surface area contributed by atoms with E-state index in [-0.39, 0.29) is 23.9 Å². The van der Waals surface area contributed by atoms with Gasteiger partial charge in [-0.25, -0.2) is 0 Å². The van der Waals surface area contributed by atoms with Gasteiger partial charge in [-0.2, -0.15) is 0 Å². The average Bonchev–Trinajstić information content (AvgIpc) is 2.65. The average molecular weight is 299 g/mol. The molecule has 0 bridgehead atoms. The maximum absolute atomic E-state index is 12.1. The van der Waals surface area contributed by atoms with Crippen molar-refractivity contribution in [2.24, 2.45) is 5.92 Å². The van der Waals surface area contributed by atoms with Gasteiger partial charge in [0.05, 0.1) is 11.6 Å². The maximum atomic E-state index is 12.1. The van der Waals surface area contributed by atoms with Crippen molar-refractivity contribution in [3.05, 3.63) is 36.9 Å². The highest BCUT2D eigenvalue weighted by atomic mass is 19.4. The molecule has 0 saturated carbocycles. The van der Waals surface area contributed by atoms with Crippen molar-refractivity contribution < 1.29 is 27.5 Å². The summed E-state index contributed by atoms with van der Waals surface area (Å²) in [6.45, 7) is 3.52. The summed E-state index contributed by atoms with van der Waals surface area (Å²) in [6, 6.07) is 4.61. The summed E-state index contributed by atoms with van der Waals surface area (Å²) < 4.78 is 39.9. The molecule has 1 saturated heterocycles. The first kappa shape index (κ1) is 15.1. The number of carbonyl (C=O) groups is 2. The molecule has 1 unspecified atom stereocenters. The second-order valence-corrected chi connectivity index (χ2v) is 4.53. The Labute approximate surface area is 118 Å². The number of amides is 2. The lowest BCUT2D eigenvalue weighted by Crippen LogP contribution is -2.30. The molecule has 1 aliphatic rings. The number of rotatable bonds is 4. The number of nitrogens with zero attached hydrogens (tertiary/aromatic N) is 1. The Morgan fingerprint density at radius 3 is 2.43 bits per heavy atom. The Hall–Kier alpha value is -2.31. The molecule has 2 amide bonds. The summed E-state index contributed by atoms with van der Waals surface area (Å²) in [6.07, 6.45) is -2.77. The number of allylic oxidation sites excluding steroid dienone is 1. The van der Waals surface area contributed by atoms with E-state index < -0.39 is 18.0 Å². The van der Waals surface area contributed by atoms with Crippen LogP contribution in [-0.4, -0.2) is 18.2 Å². The van der Waals surface area contributed by atoms with Gasteiger partial charge >= 0.3 is 6.36 Å². The van der Waals surface area contributed by atoms with Crippen molar-refractivity contribution in [1.82, 2.24) is 0 Å². The number of anilines is 1. The fraction of sp³-hybridized carbons (Fsp3) is 0.286. The van der Waals surface area contributed by atoms with Gasteiger partial charge in [-0.3, -0.25) is 14.5 Å². The zero-order chi connectivity index (χ0) is 15.6. The first-order chi connectivity index (χ1) is 9.81. The minimum Gasteiger partial charge on any atom is -0.406 e. The van der Waals surface area contributed by atoms with Crippen LogP contribution in [-0.2, 0) is 9.59 Å². The Kier molecular flexibility index (Phi) is 4.02. The van der Waals surface area contributed by atoms with Gasteiger partial charge in [0.2, 0.25) is 11.8 Å². The summed E-state index contributed by atoms with van der Waals surface area (Å²) in [5, 5.41) is 0. The number of benzene rings is 1. The number of ether oxygens (including phenoxy) is 1. The molecule has 1 aromatic carbocycles. The molecule has 0 spiro atoms. The number of alkyl halides is 3. The summed E-state index contributed by atoms with van der Waals surface area (Å²) in [5.74, 6) is -1.62. The van der Waals surface area contributed by atoms with E-state index in [0.717, 1.165) is 17.0 Å². The molecule has 0 radical (unpaired) electrons. The van der Waals surface area contributed by atoms with Crippen molar-refractivity contribution >= 4 is 17.5 Å². The quantitative estimate of drug-likeness (QED) is 0.634. The van der Waals surface area contributed by atoms with Crippen LogP contribution >= 0.6 is 0 Å². The number of imide groups is 1. The highest BCUT2D eigenvalue weighted by molar-refractivity contribution is 6.20. The van der Waals surface area contributed by atoms with Gasteiger partial charge in [-0.05, 0) is 30.7 Å². The van der Waals surface area contributed by atoms with E-state index >= 15 is 0 Å². The normalized spacial score (nSPS) is 19.0. The lowest BCUT2D eigenvalue weighted by molar-refractivity contribution is -0.274. The van der Waals surface area contributed by atoms with Gasteiger partial charge < -0.3 is 4.74 Å². The maximum Gasteiger partial charge on any atom is 0.573 e. The lowest BCUT2D eigenvalue weighted by atomic mass is 10.0. The summed E-state index contributed by atoms with van der Waals surface area (Å²) in [7, 11) is 0. The third kappa shape index (κ3) is 3.42. The molecular weight excluding hydrogens is 287 g/mol. The van der Waals surface area contributed by atoms with Crippen molar-refractivity contribution in [1.29, 1.82) is 0 Å².